The third-order valence-electron chi connectivity index (χ3n) is 5.61. The molecule has 2 N–H and O–H groups in total. The summed E-state index contributed by atoms with van der Waals surface area (Å²) < 4.78 is 21.4. The van der Waals surface area contributed by atoms with E-state index in [1.54, 1.807) is 43.8 Å². The van der Waals surface area contributed by atoms with Crippen LogP contribution >= 0.6 is 22.6 Å². The van der Waals surface area contributed by atoms with Crippen molar-refractivity contribution in [2.75, 3.05) is 0 Å². The second-order valence-electron chi connectivity index (χ2n) is 9.43. The number of pyridine rings is 1. The van der Waals surface area contributed by atoms with Crippen molar-refractivity contribution in [3.63, 3.8) is 0 Å². The first-order valence-corrected chi connectivity index (χ1v) is 12.1. The summed E-state index contributed by atoms with van der Waals surface area (Å²) >= 11 is 2.04. The minimum atomic E-state index is -0.935. The molecule has 0 saturated carbocycles. The number of nitrogens with two attached hydrogens (primary N) is 1. The smallest absolute Gasteiger partial charge is 0.306 e. The van der Waals surface area contributed by atoms with Crippen LogP contribution in [-0.2, 0) is 27.4 Å². The molecule has 3 aromatic rings. The highest BCUT2D eigenvalue weighted by molar-refractivity contribution is 14.1. The predicted octanol–water partition coefficient (Wildman–Crippen LogP) is 3.15. The van der Waals surface area contributed by atoms with Crippen LogP contribution in [0.4, 0.5) is 4.39 Å². The van der Waals surface area contributed by atoms with E-state index in [4.69, 9.17) is 10.5 Å². The maximum absolute atomic E-state index is 13.8. The van der Waals surface area contributed by atoms with Gasteiger partial charge in [-0.1, -0.05) is 12.1 Å². The molecule has 3 heterocycles. The monoisotopic (exact) mass is 593 g/mol. The Morgan fingerprint density at radius 3 is 2.71 bits per heavy atom. The lowest BCUT2D eigenvalue weighted by atomic mass is 10.1. The van der Waals surface area contributed by atoms with Crippen LogP contribution in [0.15, 0.2) is 30.5 Å². The SMILES string of the molecule is CC(C)(C)OC(=O)CCC(C(N)=O)N1Cc2cc(Cn3ncc4c(I)cc(F)nc43)ccc2C1=O. The lowest BCUT2D eigenvalue weighted by Crippen LogP contribution is -2.45. The number of primary amides is 1. The summed E-state index contributed by atoms with van der Waals surface area (Å²) in [5.74, 6) is -2.04. The van der Waals surface area contributed by atoms with Crippen LogP contribution in [0.1, 0.15) is 55.1 Å². The summed E-state index contributed by atoms with van der Waals surface area (Å²) in [5.41, 5.74) is 7.43. The summed E-state index contributed by atoms with van der Waals surface area (Å²) in [7, 11) is 0. The van der Waals surface area contributed by atoms with Crippen molar-refractivity contribution in [1.82, 2.24) is 19.7 Å². The molecule has 0 fully saturated rings. The number of nitrogens with zero attached hydrogens (tertiary/aromatic N) is 4. The molecule has 0 spiro atoms. The van der Waals surface area contributed by atoms with Crippen molar-refractivity contribution in [3.8, 4) is 0 Å². The van der Waals surface area contributed by atoms with Gasteiger partial charge in [-0.05, 0) is 67.0 Å². The molecule has 1 atom stereocenters. The lowest BCUT2D eigenvalue weighted by molar-refractivity contribution is -0.155. The summed E-state index contributed by atoms with van der Waals surface area (Å²) in [6.45, 7) is 5.79. The molecule has 2 amide bonds. The summed E-state index contributed by atoms with van der Waals surface area (Å²) in [5, 5.41) is 5.09. The molecule has 184 valence electrons. The van der Waals surface area contributed by atoms with Crippen LogP contribution in [0.2, 0.25) is 0 Å². The predicted molar refractivity (Wildman–Crippen MR) is 134 cm³/mol. The molecule has 4 rings (SSSR count). The van der Waals surface area contributed by atoms with Gasteiger partial charge in [0.25, 0.3) is 5.91 Å². The van der Waals surface area contributed by atoms with Crippen molar-refractivity contribution >= 4 is 51.4 Å². The van der Waals surface area contributed by atoms with E-state index in [1.165, 1.54) is 11.0 Å². The number of rotatable bonds is 7. The standard InChI is InChI=1S/C24H25FIN5O4/c1-24(2,3)35-20(32)7-6-18(21(27)33)30-12-14-8-13(4-5-15(14)23(30)34)11-31-22-16(10-28-31)17(26)9-19(25)29-22/h4-5,8-10,18H,6-7,11-12H2,1-3H3,(H2,27,33). The Hall–Kier alpha value is -3.09. The second kappa shape index (κ2) is 9.51. The molecule has 35 heavy (non-hydrogen) atoms. The summed E-state index contributed by atoms with van der Waals surface area (Å²) in [6, 6.07) is 5.76. The van der Waals surface area contributed by atoms with E-state index in [2.05, 4.69) is 10.1 Å². The summed E-state index contributed by atoms with van der Waals surface area (Å²) in [6.07, 6.45) is 1.68. The van der Waals surface area contributed by atoms with E-state index in [9.17, 15) is 18.8 Å². The first-order valence-electron chi connectivity index (χ1n) is 11.0. The van der Waals surface area contributed by atoms with Crippen molar-refractivity contribution in [2.45, 2.75) is 58.3 Å². The maximum atomic E-state index is 13.8. The fourth-order valence-electron chi connectivity index (χ4n) is 4.12. The molecular formula is C24H25FIN5O4. The number of hydrogen-bond acceptors (Lipinski definition) is 6. The van der Waals surface area contributed by atoms with Gasteiger partial charge in [-0.25, -0.2) is 4.68 Å². The van der Waals surface area contributed by atoms with Gasteiger partial charge >= 0.3 is 5.97 Å². The van der Waals surface area contributed by atoms with Gasteiger partial charge in [0.1, 0.15) is 11.6 Å². The van der Waals surface area contributed by atoms with Gasteiger partial charge < -0.3 is 15.4 Å². The van der Waals surface area contributed by atoms with Gasteiger partial charge in [0.15, 0.2) is 5.65 Å². The minimum absolute atomic E-state index is 0.0367. The number of esters is 1. The van der Waals surface area contributed by atoms with E-state index in [1.807, 2.05) is 28.7 Å². The maximum Gasteiger partial charge on any atom is 0.306 e. The Kier molecular flexibility index (Phi) is 6.80. The van der Waals surface area contributed by atoms with Gasteiger partial charge in [-0.3, -0.25) is 14.4 Å². The van der Waals surface area contributed by atoms with Crippen molar-refractivity contribution in [1.29, 1.82) is 0 Å². The second-order valence-corrected chi connectivity index (χ2v) is 10.6. The highest BCUT2D eigenvalue weighted by atomic mass is 127. The highest BCUT2D eigenvalue weighted by Gasteiger charge is 2.36. The zero-order chi connectivity index (χ0) is 25.5. The Morgan fingerprint density at radius 1 is 1.29 bits per heavy atom. The van der Waals surface area contributed by atoms with E-state index in [-0.39, 0.29) is 25.3 Å². The third-order valence-corrected chi connectivity index (χ3v) is 6.50. The van der Waals surface area contributed by atoms with E-state index in [0.717, 1.165) is 20.1 Å². The number of halogens is 2. The number of carbonyl (C=O) groups is 3. The molecule has 0 radical (unpaired) electrons. The van der Waals surface area contributed by atoms with Gasteiger partial charge in [0.2, 0.25) is 11.9 Å². The number of amides is 2. The number of carbonyl (C=O) groups excluding carboxylic acids is 3. The first kappa shape index (κ1) is 25.0. The van der Waals surface area contributed by atoms with Gasteiger partial charge in [0.05, 0.1) is 18.1 Å². The minimum Gasteiger partial charge on any atom is -0.460 e. The van der Waals surface area contributed by atoms with Crippen molar-refractivity contribution < 1.29 is 23.5 Å². The van der Waals surface area contributed by atoms with Gasteiger partial charge in [-0.15, -0.1) is 0 Å². The van der Waals surface area contributed by atoms with Crippen LogP contribution in [0, 0.1) is 9.52 Å². The molecule has 2 aromatic heterocycles. The van der Waals surface area contributed by atoms with Crippen LogP contribution in [0.3, 0.4) is 0 Å². The number of aromatic nitrogens is 3. The molecule has 11 heteroatoms. The molecule has 1 aliphatic heterocycles. The first-order chi connectivity index (χ1) is 16.4. The van der Waals surface area contributed by atoms with Gasteiger partial charge in [-0.2, -0.15) is 14.5 Å². The zero-order valence-electron chi connectivity index (χ0n) is 19.5. The van der Waals surface area contributed by atoms with E-state index < -0.39 is 29.5 Å². The molecular weight excluding hydrogens is 568 g/mol. The van der Waals surface area contributed by atoms with E-state index in [0.29, 0.717) is 17.8 Å². The molecule has 1 aliphatic rings. The Labute approximate surface area is 214 Å². The van der Waals surface area contributed by atoms with Crippen LogP contribution < -0.4 is 5.73 Å². The topological polar surface area (TPSA) is 120 Å². The Morgan fingerprint density at radius 2 is 2.03 bits per heavy atom. The molecule has 0 saturated heterocycles. The normalized spacial score (nSPS) is 14.3. The fraction of sp³-hybridized carbons (Fsp3) is 0.375. The average molecular weight is 593 g/mol. The molecule has 9 nitrogen and oxygen atoms in total. The van der Waals surface area contributed by atoms with Gasteiger partial charge in [0, 0.05) is 28.2 Å². The quantitative estimate of drug-likeness (QED) is 0.256. The summed E-state index contributed by atoms with van der Waals surface area (Å²) in [4.78, 5) is 42.7. The van der Waals surface area contributed by atoms with Crippen molar-refractivity contribution in [2.24, 2.45) is 5.73 Å². The lowest BCUT2D eigenvalue weighted by Gasteiger charge is -2.25. The highest BCUT2D eigenvalue weighted by Crippen LogP contribution is 2.28. The molecule has 1 unspecified atom stereocenters. The Balaban J connectivity index is 1.51. The van der Waals surface area contributed by atoms with Crippen molar-refractivity contribution in [3.05, 3.63) is 56.7 Å². The number of ether oxygens (including phenoxy) is 1. The zero-order valence-corrected chi connectivity index (χ0v) is 21.7. The largest absolute Gasteiger partial charge is 0.460 e. The molecule has 0 aliphatic carbocycles. The average Bonchev–Trinajstić information content (AvgIpc) is 3.28. The number of benzene rings is 1. The number of hydrogen-bond donors (Lipinski definition) is 1. The fourth-order valence-corrected chi connectivity index (χ4v) is 4.75. The van der Waals surface area contributed by atoms with Crippen LogP contribution in [0.25, 0.3) is 11.0 Å². The number of fused-ring (bicyclic) bond motifs is 2. The Bertz CT molecular complexity index is 1330. The molecule has 0 bridgehead atoms. The third kappa shape index (κ3) is 5.44. The molecule has 1 aromatic carbocycles. The van der Waals surface area contributed by atoms with Crippen LogP contribution in [-0.4, -0.2) is 49.1 Å². The van der Waals surface area contributed by atoms with Crippen LogP contribution in [0.5, 0.6) is 0 Å². The van der Waals surface area contributed by atoms with E-state index >= 15 is 0 Å².